The highest BCUT2D eigenvalue weighted by molar-refractivity contribution is 7.16. The van der Waals surface area contributed by atoms with Gasteiger partial charge >= 0.3 is 6.03 Å². The molecule has 1 fully saturated rings. The Labute approximate surface area is 168 Å². The predicted octanol–water partition coefficient (Wildman–Crippen LogP) is 2.72. The van der Waals surface area contributed by atoms with E-state index in [0.29, 0.717) is 0 Å². The number of piperazine rings is 1. The number of rotatable bonds is 5. The summed E-state index contributed by atoms with van der Waals surface area (Å²) in [4.78, 5) is 30.1. The van der Waals surface area contributed by atoms with Crippen molar-refractivity contribution in [3.05, 3.63) is 57.2 Å². The van der Waals surface area contributed by atoms with Crippen molar-refractivity contribution in [3.8, 4) is 0 Å². The fraction of sp³-hybridized carbons (Fsp3) is 0.368. The largest absolute Gasteiger partial charge is 0.341 e. The highest BCUT2D eigenvalue weighted by atomic mass is 35.5. The van der Waals surface area contributed by atoms with Crippen LogP contribution in [0.3, 0.4) is 0 Å². The molecule has 0 bridgehead atoms. The smallest absolute Gasteiger partial charge is 0.321 e. The quantitative estimate of drug-likeness (QED) is 0.801. The van der Waals surface area contributed by atoms with Gasteiger partial charge in [-0.2, -0.15) is 0 Å². The number of amides is 3. The highest BCUT2D eigenvalue weighted by Gasteiger charge is 2.31. The maximum atomic E-state index is 12.7. The summed E-state index contributed by atoms with van der Waals surface area (Å²) in [5.74, 6) is -0.306. The topological polar surface area (TPSA) is 64.7 Å². The Morgan fingerprint density at radius 1 is 1.11 bits per heavy atom. The van der Waals surface area contributed by atoms with Crippen molar-refractivity contribution in [3.63, 3.8) is 0 Å². The van der Waals surface area contributed by atoms with Crippen molar-refractivity contribution in [2.45, 2.75) is 12.6 Å². The van der Waals surface area contributed by atoms with Crippen LogP contribution in [-0.2, 0) is 11.3 Å². The third-order valence-corrected chi connectivity index (χ3v) is 5.82. The van der Waals surface area contributed by atoms with Crippen molar-refractivity contribution < 1.29 is 9.59 Å². The molecule has 1 aromatic heterocycles. The molecular weight excluding hydrogens is 384 g/mol. The van der Waals surface area contributed by atoms with Gasteiger partial charge in [-0.15, -0.1) is 11.3 Å². The van der Waals surface area contributed by atoms with Crippen LogP contribution in [0.5, 0.6) is 0 Å². The van der Waals surface area contributed by atoms with Crippen LogP contribution in [0.1, 0.15) is 16.5 Å². The van der Waals surface area contributed by atoms with E-state index in [2.05, 4.69) is 26.5 Å². The van der Waals surface area contributed by atoms with Gasteiger partial charge in [-0.25, -0.2) is 4.79 Å². The fourth-order valence-electron chi connectivity index (χ4n) is 3.24. The number of hydrogen-bond acceptors (Lipinski definition) is 5. The number of nitrogens with one attached hydrogen (secondary N) is 2. The summed E-state index contributed by atoms with van der Waals surface area (Å²) >= 11 is 7.61. The number of thiophene rings is 1. The average Bonchev–Trinajstić information content (AvgIpc) is 3.09. The zero-order valence-corrected chi connectivity index (χ0v) is 16.7. The monoisotopic (exact) mass is 406 g/mol. The summed E-state index contributed by atoms with van der Waals surface area (Å²) in [6.45, 7) is 4.07. The van der Waals surface area contributed by atoms with E-state index in [1.165, 1.54) is 11.9 Å². The molecule has 0 saturated carbocycles. The molecule has 0 unspecified atom stereocenters. The zero-order valence-electron chi connectivity index (χ0n) is 15.2. The summed E-state index contributed by atoms with van der Waals surface area (Å²) in [5.41, 5.74) is 0.886. The predicted molar refractivity (Wildman–Crippen MR) is 108 cm³/mol. The van der Waals surface area contributed by atoms with E-state index < -0.39 is 12.1 Å². The molecule has 3 amide bonds. The first-order valence-electron chi connectivity index (χ1n) is 8.85. The summed E-state index contributed by atoms with van der Waals surface area (Å²) in [5, 5.41) is 4.86. The Bertz CT molecular complexity index is 775. The van der Waals surface area contributed by atoms with Crippen molar-refractivity contribution in [1.29, 1.82) is 0 Å². The molecule has 1 saturated heterocycles. The van der Waals surface area contributed by atoms with Gasteiger partial charge in [0.1, 0.15) is 6.04 Å². The Hall–Kier alpha value is -1.93. The average molecular weight is 407 g/mol. The first-order chi connectivity index (χ1) is 13.1. The van der Waals surface area contributed by atoms with E-state index in [9.17, 15) is 9.59 Å². The second-order valence-corrected chi connectivity index (χ2v) is 8.20. The number of benzene rings is 1. The number of imide groups is 1. The summed E-state index contributed by atoms with van der Waals surface area (Å²) in [6.07, 6.45) is 0. The molecule has 0 aliphatic carbocycles. The zero-order chi connectivity index (χ0) is 19.2. The standard InChI is InChI=1S/C19H23ClN4O2S/c1-21-19(26)22-18(25)17(14-5-3-2-4-6-14)24-11-9-23(10-12-24)13-15-7-8-16(20)27-15/h2-8,17H,9-13H2,1H3,(H2,21,22,25,26)/t17-/m0/s1. The van der Waals surface area contributed by atoms with Gasteiger partial charge < -0.3 is 5.32 Å². The molecule has 3 rings (SSSR count). The molecule has 2 heterocycles. The van der Waals surface area contributed by atoms with Gasteiger partial charge in [-0.1, -0.05) is 41.9 Å². The van der Waals surface area contributed by atoms with Gasteiger partial charge in [0.2, 0.25) is 5.91 Å². The third kappa shape index (κ3) is 5.29. The van der Waals surface area contributed by atoms with Crippen LogP contribution in [0.25, 0.3) is 0 Å². The summed E-state index contributed by atoms with van der Waals surface area (Å²) in [7, 11) is 1.50. The van der Waals surface area contributed by atoms with E-state index in [0.717, 1.165) is 42.6 Å². The molecular formula is C19H23ClN4O2S. The molecule has 1 aromatic carbocycles. The Balaban J connectivity index is 1.66. The molecule has 8 heteroatoms. The van der Waals surface area contributed by atoms with E-state index in [1.54, 1.807) is 11.3 Å². The van der Waals surface area contributed by atoms with Gasteiger partial charge in [-0.05, 0) is 17.7 Å². The van der Waals surface area contributed by atoms with E-state index >= 15 is 0 Å². The van der Waals surface area contributed by atoms with Crippen LogP contribution in [0.2, 0.25) is 4.34 Å². The Morgan fingerprint density at radius 3 is 2.41 bits per heavy atom. The molecule has 0 spiro atoms. The highest BCUT2D eigenvalue weighted by Crippen LogP contribution is 2.25. The molecule has 2 aromatic rings. The number of carbonyl (C=O) groups excluding carboxylic acids is 2. The van der Waals surface area contributed by atoms with Crippen molar-refractivity contribution in [2.24, 2.45) is 0 Å². The van der Waals surface area contributed by atoms with Gasteiger partial charge in [0.15, 0.2) is 0 Å². The number of hydrogen-bond donors (Lipinski definition) is 2. The molecule has 2 N–H and O–H groups in total. The maximum absolute atomic E-state index is 12.7. The van der Waals surface area contributed by atoms with E-state index in [-0.39, 0.29) is 5.91 Å². The Kier molecular flexibility index (Phi) is 6.84. The summed E-state index contributed by atoms with van der Waals surface area (Å²) in [6, 6.07) is 12.6. The van der Waals surface area contributed by atoms with Gasteiger partial charge in [-0.3, -0.25) is 19.9 Å². The van der Waals surface area contributed by atoms with Crippen LogP contribution in [-0.4, -0.2) is 55.0 Å². The van der Waals surface area contributed by atoms with Gasteiger partial charge in [0.05, 0.1) is 4.34 Å². The Morgan fingerprint density at radius 2 is 1.81 bits per heavy atom. The summed E-state index contributed by atoms with van der Waals surface area (Å²) < 4.78 is 0.804. The molecule has 27 heavy (non-hydrogen) atoms. The van der Waals surface area contributed by atoms with E-state index in [1.807, 2.05) is 36.4 Å². The molecule has 1 aliphatic heterocycles. The molecule has 0 radical (unpaired) electrons. The lowest BCUT2D eigenvalue weighted by atomic mass is 10.0. The lowest BCUT2D eigenvalue weighted by Gasteiger charge is -2.38. The van der Waals surface area contributed by atoms with Crippen molar-refractivity contribution in [2.75, 3.05) is 33.2 Å². The van der Waals surface area contributed by atoms with Crippen LogP contribution < -0.4 is 10.6 Å². The molecule has 6 nitrogen and oxygen atoms in total. The number of urea groups is 1. The lowest BCUT2D eigenvalue weighted by molar-refractivity contribution is -0.126. The molecule has 1 atom stereocenters. The van der Waals surface area contributed by atoms with Crippen LogP contribution in [0, 0.1) is 0 Å². The number of carbonyl (C=O) groups is 2. The minimum Gasteiger partial charge on any atom is -0.341 e. The second-order valence-electron chi connectivity index (χ2n) is 6.40. The van der Waals surface area contributed by atoms with Gasteiger partial charge in [0, 0.05) is 44.6 Å². The maximum Gasteiger partial charge on any atom is 0.321 e. The first-order valence-corrected chi connectivity index (χ1v) is 10.0. The van der Waals surface area contributed by atoms with E-state index in [4.69, 9.17) is 11.6 Å². The minimum absolute atomic E-state index is 0.306. The van der Waals surface area contributed by atoms with Crippen LogP contribution in [0.4, 0.5) is 4.79 Å². The third-order valence-electron chi connectivity index (χ3n) is 4.61. The van der Waals surface area contributed by atoms with Crippen molar-refractivity contribution >= 4 is 34.9 Å². The molecule has 144 valence electrons. The fourth-order valence-corrected chi connectivity index (χ4v) is 4.37. The number of nitrogens with zero attached hydrogens (tertiary/aromatic N) is 2. The second kappa shape index (κ2) is 9.32. The van der Waals surface area contributed by atoms with Crippen LogP contribution >= 0.6 is 22.9 Å². The molecule has 1 aliphatic rings. The first kappa shape index (κ1) is 19.8. The lowest BCUT2D eigenvalue weighted by Crippen LogP contribution is -2.52. The van der Waals surface area contributed by atoms with Gasteiger partial charge in [0.25, 0.3) is 0 Å². The van der Waals surface area contributed by atoms with Crippen LogP contribution in [0.15, 0.2) is 42.5 Å². The SMILES string of the molecule is CNC(=O)NC(=O)[C@H](c1ccccc1)N1CCN(Cc2ccc(Cl)s2)CC1. The number of halogens is 1. The normalized spacial score (nSPS) is 16.7. The minimum atomic E-state index is -0.492. The van der Waals surface area contributed by atoms with Crippen molar-refractivity contribution in [1.82, 2.24) is 20.4 Å².